The van der Waals surface area contributed by atoms with E-state index in [4.69, 9.17) is 11.6 Å². The number of nitrogens with one attached hydrogen (secondary N) is 1. The smallest absolute Gasteiger partial charge is 0.242 e. The molecule has 1 aromatic heterocycles. The van der Waals surface area contributed by atoms with Gasteiger partial charge in [-0.15, -0.1) is 0 Å². The molecule has 162 valence electrons. The summed E-state index contributed by atoms with van der Waals surface area (Å²) in [7, 11) is -2.22. The Morgan fingerprint density at radius 3 is 2.40 bits per heavy atom. The number of nitrogens with zero attached hydrogens (tertiary/aromatic N) is 3. The molecule has 30 heavy (non-hydrogen) atoms. The van der Waals surface area contributed by atoms with E-state index in [0.717, 1.165) is 21.7 Å². The van der Waals surface area contributed by atoms with Crippen LogP contribution in [0.2, 0.25) is 5.02 Å². The van der Waals surface area contributed by atoms with Gasteiger partial charge in [0.2, 0.25) is 21.8 Å². The molecule has 0 aliphatic rings. The lowest BCUT2D eigenvalue weighted by Crippen LogP contribution is -2.50. The number of amides is 2. The molecule has 2 aromatic rings. The molecule has 1 aromatic carbocycles. The highest BCUT2D eigenvalue weighted by Crippen LogP contribution is 2.14. The molecule has 2 rings (SSSR count). The highest BCUT2D eigenvalue weighted by molar-refractivity contribution is 7.88. The summed E-state index contributed by atoms with van der Waals surface area (Å²) in [5.41, 5.74) is 1.59. The number of hydrogen-bond acceptors (Lipinski definition) is 5. The maximum Gasteiger partial charge on any atom is 0.242 e. The summed E-state index contributed by atoms with van der Waals surface area (Å²) in [5, 5.41) is 3.34. The minimum Gasteiger partial charge on any atom is -0.350 e. The molecule has 0 saturated carbocycles. The number of rotatable bonds is 9. The van der Waals surface area contributed by atoms with E-state index in [1.807, 2.05) is 6.07 Å². The van der Waals surface area contributed by atoms with Crippen LogP contribution in [0.4, 0.5) is 0 Å². The van der Waals surface area contributed by atoms with Gasteiger partial charge >= 0.3 is 0 Å². The maximum atomic E-state index is 12.9. The van der Waals surface area contributed by atoms with Crippen molar-refractivity contribution in [1.29, 1.82) is 0 Å². The second-order valence-corrected chi connectivity index (χ2v) is 9.45. The van der Waals surface area contributed by atoms with Crippen molar-refractivity contribution in [1.82, 2.24) is 19.5 Å². The maximum absolute atomic E-state index is 12.9. The zero-order chi connectivity index (χ0) is 22.3. The summed E-state index contributed by atoms with van der Waals surface area (Å²) in [6.45, 7) is 1.64. The summed E-state index contributed by atoms with van der Waals surface area (Å²) in [6, 6.07) is 9.66. The lowest BCUT2D eigenvalue weighted by atomic mass is 10.1. The number of likely N-dealkylation sites (N-methyl/N-ethyl adjacent to an activating group) is 1. The van der Waals surface area contributed by atoms with Crippen LogP contribution < -0.4 is 5.32 Å². The molecule has 8 nitrogen and oxygen atoms in total. The van der Waals surface area contributed by atoms with Crippen molar-refractivity contribution in [2.24, 2.45) is 0 Å². The predicted molar refractivity (Wildman–Crippen MR) is 115 cm³/mol. The second-order valence-electron chi connectivity index (χ2n) is 6.92. The number of sulfonamides is 1. The number of aromatic nitrogens is 1. The fourth-order valence-electron chi connectivity index (χ4n) is 2.61. The Bertz CT molecular complexity index is 968. The number of carbonyl (C=O) groups is 2. The third-order valence-electron chi connectivity index (χ3n) is 4.55. The Labute approximate surface area is 181 Å². The zero-order valence-corrected chi connectivity index (χ0v) is 18.7. The molecule has 0 unspecified atom stereocenters. The Morgan fingerprint density at radius 2 is 1.83 bits per heavy atom. The van der Waals surface area contributed by atoms with Gasteiger partial charge in [-0.3, -0.25) is 14.6 Å². The average Bonchev–Trinajstić information content (AvgIpc) is 2.71. The van der Waals surface area contributed by atoms with Crippen LogP contribution in [0.5, 0.6) is 0 Å². The van der Waals surface area contributed by atoms with Crippen LogP contribution in [0.25, 0.3) is 0 Å². The van der Waals surface area contributed by atoms with Crippen molar-refractivity contribution >= 4 is 33.4 Å². The van der Waals surface area contributed by atoms with Crippen LogP contribution in [-0.4, -0.2) is 60.3 Å². The van der Waals surface area contributed by atoms with Gasteiger partial charge in [-0.2, -0.15) is 4.31 Å². The number of halogens is 1. The minimum atomic E-state index is -3.54. The largest absolute Gasteiger partial charge is 0.350 e. The van der Waals surface area contributed by atoms with Gasteiger partial charge in [0.15, 0.2) is 0 Å². The van der Waals surface area contributed by atoms with E-state index in [-0.39, 0.29) is 25.5 Å². The van der Waals surface area contributed by atoms with Gasteiger partial charge in [0.1, 0.15) is 6.04 Å². The minimum absolute atomic E-state index is 0.134. The van der Waals surface area contributed by atoms with E-state index in [9.17, 15) is 18.0 Å². The van der Waals surface area contributed by atoms with Crippen molar-refractivity contribution < 1.29 is 18.0 Å². The van der Waals surface area contributed by atoms with Crippen LogP contribution >= 0.6 is 11.6 Å². The van der Waals surface area contributed by atoms with Gasteiger partial charge in [-0.1, -0.05) is 29.8 Å². The average molecular weight is 453 g/mol. The molecule has 0 fully saturated rings. The third kappa shape index (κ3) is 7.08. The van der Waals surface area contributed by atoms with Gasteiger partial charge in [0.25, 0.3) is 0 Å². The molecular formula is C20H25ClN4O4S. The van der Waals surface area contributed by atoms with Crippen molar-refractivity contribution in [3.8, 4) is 0 Å². The van der Waals surface area contributed by atoms with E-state index in [1.165, 1.54) is 11.9 Å². The van der Waals surface area contributed by atoms with Crippen LogP contribution in [0.3, 0.4) is 0 Å². The van der Waals surface area contributed by atoms with Crippen LogP contribution in [0.15, 0.2) is 48.8 Å². The van der Waals surface area contributed by atoms with Gasteiger partial charge in [-0.05, 0) is 36.2 Å². The summed E-state index contributed by atoms with van der Waals surface area (Å²) in [4.78, 5) is 31.0. The number of benzene rings is 1. The van der Waals surface area contributed by atoms with Crippen molar-refractivity contribution in [3.05, 3.63) is 64.9 Å². The van der Waals surface area contributed by atoms with Gasteiger partial charge < -0.3 is 10.2 Å². The molecule has 0 aliphatic carbocycles. The highest BCUT2D eigenvalue weighted by atomic mass is 35.5. The summed E-state index contributed by atoms with van der Waals surface area (Å²) in [6.07, 6.45) is 4.30. The van der Waals surface area contributed by atoms with Crippen LogP contribution in [0.1, 0.15) is 18.1 Å². The van der Waals surface area contributed by atoms with Crippen LogP contribution in [0, 0.1) is 0 Å². The normalized spacial score (nSPS) is 12.4. The SMILES string of the molecule is C[C@@H](C(=O)NCc1cccnc1)N(Cc1ccc(Cl)cc1)C(=O)CN(C)S(C)(=O)=O. The second kappa shape index (κ2) is 10.5. The molecule has 0 spiro atoms. The first kappa shape index (κ1) is 23.8. The zero-order valence-electron chi connectivity index (χ0n) is 17.1. The molecule has 0 bridgehead atoms. The van der Waals surface area contributed by atoms with E-state index in [0.29, 0.717) is 5.02 Å². The van der Waals surface area contributed by atoms with Crippen molar-refractivity contribution in [3.63, 3.8) is 0 Å². The molecule has 2 amide bonds. The van der Waals surface area contributed by atoms with E-state index in [1.54, 1.807) is 49.6 Å². The predicted octanol–water partition coefficient (Wildman–Crippen LogP) is 1.66. The monoisotopic (exact) mass is 452 g/mol. The van der Waals surface area contributed by atoms with Crippen molar-refractivity contribution in [2.45, 2.75) is 26.1 Å². The topological polar surface area (TPSA) is 99.7 Å². The summed E-state index contributed by atoms with van der Waals surface area (Å²) < 4.78 is 24.4. The number of carbonyl (C=O) groups excluding carboxylic acids is 2. The lowest BCUT2D eigenvalue weighted by Gasteiger charge is -2.30. The Morgan fingerprint density at radius 1 is 1.17 bits per heavy atom. The molecule has 0 saturated heterocycles. The first-order chi connectivity index (χ1) is 14.1. The fourth-order valence-corrected chi connectivity index (χ4v) is 3.08. The van der Waals surface area contributed by atoms with E-state index in [2.05, 4.69) is 10.3 Å². The van der Waals surface area contributed by atoms with Crippen LogP contribution in [-0.2, 0) is 32.7 Å². The first-order valence-corrected chi connectivity index (χ1v) is 11.4. The Hall–Kier alpha value is -2.49. The van der Waals surface area contributed by atoms with Gasteiger partial charge in [0, 0.05) is 37.6 Å². The summed E-state index contributed by atoms with van der Waals surface area (Å²) in [5.74, 6) is -0.843. The number of pyridine rings is 1. The Balaban J connectivity index is 2.16. The van der Waals surface area contributed by atoms with Gasteiger partial charge in [0.05, 0.1) is 12.8 Å². The molecular weight excluding hydrogens is 428 g/mol. The molecule has 0 radical (unpaired) electrons. The van der Waals surface area contributed by atoms with E-state index < -0.39 is 22.0 Å². The fraction of sp³-hybridized carbons (Fsp3) is 0.350. The summed E-state index contributed by atoms with van der Waals surface area (Å²) >= 11 is 5.92. The Kier molecular flexibility index (Phi) is 8.33. The third-order valence-corrected chi connectivity index (χ3v) is 6.06. The molecule has 1 N–H and O–H groups in total. The molecule has 0 aliphatic heterocycles. The highest BCUT2D eigenvalue weighted by Gasteiger charge is 2.28. The van der Waals surface area contributed by atoms with E-state index >= 15 is 0 Å². The lowest BCUT2D eigenvalue weighted by molar-refractivity contribution is -0.140. The first-order valence-electron chi connectivity index (χ1n) is 9.19. The standard InChI is InChI=1S/C20H25ClN4O4S/c1-15(20(27)23-12-17-5-4-10-22-11-17)25(13-16-6-8-18(21)9-7-16)19(26)14-24(2)30(3,28)29/h4-11,15H,12-14H2,1-3H3,(H,23,27)/t15-/m0/s1. The molecule has 1 heterocycles. The number of hydrogen-bond donors (Lipinski definition) is 1. The van der Waals surface area contributed by atoms with Crippen molar-refractivity contribution in [2.75, 3.05) is 19.8 Å². The molecule has 10 heteroatoms. The molecule has 1 atom stereocenters. The van der Waals surface area contributed by atoms with Gasteiger partial charge in [-0.25, -0.2) is 8.42 Å². The quantitative estimate of drug-likeness (QED) is 0.623.